The molecule has 2 fully saturated rings. The van der Waals surface area contributed by atoms with Crippen molar-refractivity contribution in [3.05, 3.63) is 12.2 Å². The van der Waals surface area contributed by atoms with Crippen LogP contribution in [-0.4, -0.2) is 29.0 Å². The molecular weight excluding hydrogens is 210 g/mol. The summed E-state index contributed by atoms with van der Waals surface area (Å²) in [5.74, 6) is 0.685. The molecule has 3 nitrogen and oxygen atoms in total. The Hall–Kier alpha value is -0.770. The maximum Gasteiger partial charge on any atom is 0.233 e. The molecule has 0 spiro atoms. The predicted octanol–water partition coefficient (Wildman–Crippen LogP) is 1.26. The highest BCUT2D eigenvalue weighted by atomic mass is 32.1. The van der Waals surface area contributed by atoms with E-state index in [1.54, 1.807) is 0 Å². The molecule has 1 aliphatic carbocycles. The fourth-order valence-electron chi connectivity index (χ4n) is 2.49. The Balaban J connectivity index is 2.04. The normalized spacial score (nSPS) is 30.6. The summed E-state index contributed by atoms with van der Waals surface area (Å²) in [5.41, 5.74) is 0. The van der Waals surface area contributed by atoms with Gasteiger partial charge in [0, 0.05) is 12.3 Å². The first-order chi connectivity index (χ1) is 7.25. The lowest BCUT2D eigenvalue weighted by molar-refractivity contribution is -0.139. The van der Waals surface area contributed by atoms with E-state index in [1.165, 1.54) is 4.90 Å². The van der Waals surface area contributed by atoms with Crippen LogP contribution in [0.1, 0.15) is 19.3 Å². The van der Waals surface area contributed by atoms with E-state index < -0.39 is 0 Å². The zero-order chi connectivity index (χ0) is 10.8. The van der Waals surface area contributed by atoms with Crippen LogP contribution in [0.2, 0.25) is 0 Å². The third kappa shape index (κ3) is 1.83. The summed E-state index contributed by atoms with van der Waals surface area (Å²) in [6, 6.07) is 0. The summed E-state index contributed by atoms with van der Waals surface area (Å²) >= 11 is 4.03. The first-order valence-electron chi connectivity index (χ1n) is 5.36. The van der Waals surface area contributed by atoms with Gasteiger partial charge in [-0.25, -0.2) is 0 Å². The Morgan fingerprint density at radius 1 is 1.20 bits per heavy atom. The number of carbonyl (C=O) groups excluding carboxylic acids is 2. The van der Waals surface area contributed by atoms with E-state index in [0.717, 1.165) is 19.3 Å². The van der Waals surface area contributed by atoms with E-state index in [-0.39, 0.29) is 23.7 Å². The van der Waals surface area contributed by atoms with Crippen LogP contribution in [-0.2, 0) is 9.59 Å². The standard InChI is InChI=1S/C11H15NO2S/c13-10-8-4-3-5-9(8)11(14)12(10)6-1-2-7-15/h1-2,8-9,15H,3-7H2/b2-1+. The van der Waals surface area contributed by atoms with Gasteiger partial charge in [-0.05, 0) is 12.8 Å². The molecule has 2 rings (SSSR count). The second kappa shape index (κ2) is 4.39. The van der Waals surface area contributed by atoms with Crippen molar-refractivity contribution in [2.24, 2.45) is 11.8 Å². The Kier molecular flexibility index (Phi) is 3.14. The van der Waals surface area contributed by atoms with Crippen LogP contribution < -0.4 is 0 Å². The summed E-state index contributed by atoms with van der Waals surface area (Å²) in [4.78, 5) is 25.1. The molecular formula is C11H15NO2S. The average Bonchev–Trinajstić information content (AvgIpc) is 2.77. The second-order valence-corrected chi connectivity index (χ2v) is 4.45. The van der Waals surface area contributed by atoms with Gasteiger partial charge in [-0.2, -0.15) is 12.6 Å². The molecule has 1 saturated heterocycles. The fourth-order valence-corrected chi connectivity index (χ4v) is 2.64. The molecule has 0 bridgehead atoms. The molecule has 2 unspecified atom stereocenters. The molecule has 0 aromatic rings. The number of rotatable bonds is 3. The van der Waals surface area contributed by atoms with Crippen LogP contribution in [0.4, 0.5) is 0 Å². The summed E-state index contributed by atoms with van der Waals surface area (Å²) in [7, 11) is 0. The zero-order valence-corrected chi connectivity index (χ0v) is 9.45. The number of hydrogen-bond acceptors (Lipinski definition) is 3. The number of thiol groups is 1. The third-order valence-corrected chi connectivity index (χ3v) is 3.45. The van der Waals surface area contributed by atoms with Crippen molar-refractivity contribution < 1.29 is 9.59 Å². The number of fused-ring (bicyclic) bond motifs is 1. The van der Waals surface area contributed by atoms with Gasteiger partial charge >= 0.3 is 0 Å². The predicted molar refractivity (Wildman–Crippen MR) is 60.5 cm³/mol. The molecule has 0 radical (unpaired) electrons. The van der Waals surface area contributed by atoms with Gasteiger partial charge in [-0.15, -0.1) is 0 Å². The molecule has 1 saturated carbocycles. The quantitative estimate of drug-likeness (QED) is 0.446. The largest absolute Gasteiger partial charge is 0.278 e. The molecule has 2 aliphatic rings. The number of carbonyl (C=O) groups is 2. The van der Waals surface area contributed by atoms with Gasteiger partial charge in [0.15, 0.2) is 0 Å². The van der Waals surface area contributed by atoms with Gasteiger partial charge in [-0.1, -0.05) is 18.6 Å². The molecule has 2 amide bonds. The van der Waals surface area contributed by atoms with Gasteiger partial charge in [0.25, 0.3) is 0 Å². The van der Waals surface area contributed by atoms with Gasteiger partial charge in [0.05, 0.1) is 11.8 Å². The number of likely N-dealkylation sites (tertiary alicyclic amines) is 1. The monoisotopic (exact) mass is 225 g/mol. The topological polar surface area (TPSA) is 37.4 Å². The van der Waals surface area contributed by atoms with Crippen molar-refractivity contribution in [3.8, 4) is 0 Å². The van der Waals surface area contributed by atoms with Gasteiger partial charge in [-0.3, -0.25) is 14.5 Å². The van der Waals surface area contributed by atoms with Crippen molar-refractivity contribution in [1.29, 1.82) is 0 Å². The summed E-state index contributed by atoms with van der Waals surface area (Å²) in [6.07, 6.45) is 6.50. The highest BCUT2D eigenvalue weighted by Crippen LogP contribution is 2.39. The Bertz CT molecular complexity index is 292. The van der Waals surface area contributed by atoms with E-state index >= 15 is 0 Å². The Morgan fingerprint density at radius 3 is 2.33 bits per heavy atom. The summed E-state index contributed by atoms with van der Waals surface area (Å²) in [6.45, 7) is 0.422. The molecule has 1 aliphatic heterocycles. The minimum absolute atomic E-state index is 0.0121. The highest BCUT2D eigenvalue weighted by molar-refractivity contribution is 7.80. The van der Waals surface area contributed by atoms with Crippen LogP contribution in [0.5, 0.6) is 0 Å². The van der Waals surface area contributed by atoms with Crippen LogP contribution in [0.25, 0.3) is 0 Å². The number of imide groups is 1. The van der Waals surface area contributed by atoms with Crippen molar-refractivity contribution >= 4 is 24.4 Å². The van der Waals surface area contributed by atoms with Crippen molar-refractivity contribution in [2.45, 2.75) is 19.3 Å². The van der Waals surface area contributed by atoms with Crippen LogP contribution in [0, 0.1) is 11.8 Å². The first kappa shape index (κ1) is 10.7. The molecule has 82 valence electrons. The smallest absolute Gasteiger partial charge is 0.233 e. The van der Waals surface area contributed by atoms with E-state index in [2.05, 4.69) is 12.6 Å². The highest BCUT2D eigenvalue weighted by Gasteiger charge is 2.48. The summed E-state index contributed by atoms with van der Waals surface area (Å²) < 4.78 is 0. The molecule has 4 heteroatoms. The number of amides is 2. The second-order valence-electron chi connectivity index (χ2n) is 4.08. The van der Waals surface area contributed by atoms with Crippen molar-refractivity contribution in [1.82, 2.24) is 4.90 Å². The molecule has 0 aromatic carbocycles. The van der Waals surface area contributed by atoms with E-state index in [0.29, 0.717) is 12.3 Å². The van der Waals surface area contributed by atoms with Crippen LogP contribution in [0.3, 0.4) is 0 Å². The Morgan fingerprint density at radius 2 is 1.80 bits per heavy atom. The zero-order valence-electron chi connectivity index (χ0n) is 8.56. The third-order valence-electron chi connectivity index (χ3n) is 3.24. The van der Waals surface area contributed by atoms with E-state index in [4.69, 9.17) is 0 Å². The maximum absolute atomic E-state index is 11.8. The lowest BCUT2D eigenvalue weighted by atomic mass is 10.00. The summed E-state index contributed by atoms with van der Waals surface area (Å²) in [5, 5.41) is 0. The van der Waals surface area contributed by atoms with Crippen LogP contribution >= 0.6 is 12.6 Å². The molecule has 0 N–H and O–H groups in total. The minimum atomic E-state index is -0.0121. The van der Waals surface area contributed by atoms with Crippen molar-refractivity contribution in [2.75, 3.05) is 12.3 Å². The van der Waals surface area contributed by atoms with Gasteiger partial charge in [0.1, 0.15) is 0 Å². The van der Waals surface area contributed by atoms with Crippen LogP contribution in [0.15, 0.2) is 12.2 Å². The maximum atomic E-state index is 11.8. The number of nitrogens with zero attached hydrogens (tertiary/aromatic N) is 1. The molecule has 1 heterocycles. The number of hydrogen-bond donors (Lipinski definition) is 1. The first-order valence-corrected chi connectivity index (χ1v) is 6.00. The van der Waals surface area contributed by atoms with E-state index in [1.807, 2.05) is 12.2 Å². The van der Waals surface area contributed by atoms with Gasteiger partial charge < -0.3 is 0 Å². The Labute approximate surface area is 94.9 Å². The minimum Gasteiger partial charge on any atom is -0.278 e. The molecule has 0 aromatic heterocycles. The molecule has 15 heavy (non-hydrogen) atoms. The SMILES string of the molecule is O=C1C2CCCC2C(=O)N1C/C=C/CS. The lowest BCUT2D eigenvalue weighted by Gasteiger charge is -2.12. The lowest BCUT2D eigenvalue weighted by Crippen LogP contribution is -2.31. The van der Waals surface area contributed by atoms with E-state index in [9.17, 15) is 9.59 Å². The molecule has 2 atom stereocenters. The fraction of sp³-hybridized carbons (Fsp3) is 0.636. The van der Waals surface area contributed by atoms with Gasteiger partial charge in [0.2, 0.25) is 11.8 Å². The van der Waals surface area contributed by atoms with Crippen molar-refractivity contribution in [3.63, 3.8) is 0 Å². The average molecular weight is 225 g/mol.